The lowest BCUT2D eigenvalue weighted by molar-refractivity contribution is -0.131. The molecule has 0 spiro atoms. The first kappa shape index (κ1) is 16.3. The van der Waals surface area contributed by atoms with Crippen LogP contribution < -0.4 is 0 Å². The molecule has 2 aliphatic rings. The van der Waals surface area contributed by atoms with Crippen molar-refractivity contribution in [3.05, 3.63) is 24.3 Å². The van der Waals surface area contributed by atoms with Gasteiger partial charge < -0.3 is 4.90 Å². The van der Waals surface area contributed by atoms with Crippen LogP contribution in [0.2, 0.25) is 0 Å². The van der Waals surface area contributed by atoms with Gasteiger partial charge in [-0.3, -0.25) is 14.6 Å². The smallest absolute Gasteiger partial charge is 0.236 e. The summed E-state index contributed by atoms with van der Waals surface area (Å²) in [5.41, 5.74) is 0. The number of carbonyl (C=O) groups excluding carboxylic acids is 1. The van der Waals surface area contributed by atoms with E-state index in [1.807, 2.05) is 11.0 Å². The Balaban J connectivity index is 1.48. The molecule has 6 heteroatoms. The fourth-order valence-electron chi connectivity index (χ4n) is 3.30. The summed E-state index contributed by atoms with van der Waals surface area (Å²) in [4.78, 5) is 27.7. The molecule has 1 aliphatic heterocycles. The number of aromatic nitrogens is 2. The number of likely N-dealkylation sites (tertiary alicyclic amines) is 1. The molecule has 3 rings (SSSR count). The average molecular weight is 317 g/mol. The molecular weight excluding hydrogens is 290 g/mol. The van der Waals surface area contributed by atoms with E-state index < -0.39 is 0 Å². The number of amides is 1. The van der Waals surface area contributed by atoms with Crippen molar-refractivity contribution >= 4 is 5.91 Å². The van der Waals surface area contributed by atoms with Crippen LogP contribution in [-0.2, 0) is 11.3 Å². The number of hydrogen-bond acceptors (Lipinski definition) is 5. The third-order valence-electron chi connectivity index (χ3n) is 4.96. The van der Waals surface area contributed by atoms with Gasteiger partial charge in [0, 0.05) is 37.6 Å². The maximum absolute atomic E-state index is 12.5. The molecule has 2 heterocycles. The van der Waals surface area contributed by atoms with Gasteiger partial charge in [0.2, 0.25) is 5.91 Å². The number of hydrogen-bond donors (Lipinski definition) is 0. The topological polar surface area (TPSA) is 52.6 Å². The lowest BCUT2D eigenvalue weighted by Crippen LogP contribution is -2.42. The van der Waals surface area contributed by atoms with Gasteiger partial charge in [-0.2, -0.15) is 0 Å². The third-order valence-corrected chi connectivity index (χ3v) is 4.96. The van der Waals surface area contributed by atoms with Crippen LogP contribution in [0.3, 0.4) is 0 Å². The summed E-state index contributed by atoms with van der Waals surface area (Å²) >= 11 is 0. The van der Waals surface area contributed by atoms with E-state index in [0.717, 1.165) is 38.4 Å². The van der Waals surface area contributed by atoms with Crippen molar-refractivity contribution < 1.29 is 4.79 Å². The monoisotopic (exact) mass is 317 g/mol. The maximum atomic E-state index is 12.5. The van der Waals surface area contributed by atoms with Gasteiger partial charge in [0.15, 0.2) is 0 Å². The van der Waals surface area contributed by atoms with Gasteiger partial charge in [-0.15, -0.1) is 0 Å². The molecule has 1 saturated heterocycles. The highest BCUT2D eigenvalue weighted by atomic mass is 16.2. The molecule has 6 nitrogen and oxygen atoms in total. The fourth-order valence-corrected chi connectivity index (χ4v) is 3.30. The maximum Gasteiger partial charge on any atom is 0.236 e. The molecule has 1 amide bonds. The third kappa shape index (κ3) is 4.26. The van der Waals surface area contributed by atoms with Gasteiger partial charge in [0.1, 0.15) is 5.82 Å². The zero-order valence-electron chi connectivity index (χ0n) is 14.2. The van der Waals surface area contributed by atoms with Crippen LogP contribution >= 0.6 is 0 Å². The van der Waals surface area contributed by atoms with Gasteiger partial charge in [0.05, 0.1) is 13.1 Å². The van der Waals surface area contributed by atoms with Crippen LogP contribution in [-0.4, -0.2) is 75.9 Å². The Morgan fingerprint density at radius 1 is 1.26 bits per heavy atom. The quantitative estimate of drug-likeness (QED) is 0.751. The molecule has 1 aliphatic carbocycles. The van der Waals surface area contributed by atoms with Gasteiger partial charge >= 0.3 is 0 Å². The highest BCUT2D eigenvalue weighted by Crippen LogP contribution is 2.26. The molecule has 23 heavy (non-hydrogen) atoms. The first-order valence-corrected chi connectivity index (χ1v) is 8.65. The number of rotatable bonds is 7. The zero-order valence-corrected chi connectivity index (χ0v) is 14.2. The van der Waals surface area contributed by atoms with Crippen LogP contribution in [0.25, 0.3) is 0 Å². The van der Waals surface area contributed by atoms with E-state index in [1.165, 1.54) is 12.8 Å². The van der Waals surface area contributed by atoms with Crippen molar-refractivity contribution in [3.63, 3.8) is 0 Å². The molecule has 0 aromatic carbocycles. The van der Waals surface area contributed by atoms with Crippen LogP contribution in [0.15, 0.2) is 18.5 Å². The van der Waals surface area contributed by atoms with E-state index in [-0.39, 0.29) is 5.91 Å². The second kappa shape index (κ2) is 7.36. The van der Waals surface area contributed by atoms with Crippen molar-refractivity contribution in [2.24, 2.45) is 0 Å². The van der Waals surface area contributed by atoms with Crippen molar-refractivity contribution in [1.82, 2.24) is 24.7 Å². The van der Waals surface area contributed by atoms with Crippen LogP contribution in [0.4, 0.5) is 0 Å². The SMILES string of the molecule is CCN(CC(=O)N1CC[C@@H](N(C)Cc2ncccn2)C1)C1CC1. The van der Waals surface area contributed by atoms with Gasteiger partial charge in [0.25, 0.3) is 0 Å². The molecule has 2 fully saturated rings. The van der Waals surface area contributed by atoms with Crippen LogP contribution in [0.5, 0.6) is 0 Å². The van der Waals surface area contributed by atoms with Crippen molar-refractivity contribution in [1.29, 1.82) is 0 Å². The molecule has 1 atom stereocenters. The summed E-state index contributed by atoms with van der Waals surface area (Å²) in [5.74, 6) is 1.12. The molecule has 1 saturated carbocycles. The minimum Gasteiger partial charge on any atom is -0.340 e. The van der Waals surface area contributed by atoms with E-state index in [0.29, 0.717) is 18.6 Å². The second-order valence-corrected chi connectivity index (χ2v) is 6.66. The minimum absolute atomic E-state index is 0.283. The lowest BCUT2D eigenvalue weighted by Gasteiger charge is -2.26. The van der Waals surface area contributed by atoms with E-state index in [2.05, 4.69) is 33.7 Å². The minimum atomic E-state index is 0.283. The van der Waals surface area contributed by atoms with Crippen LogP contribution in [0, 0.1) is 0 Å². The van der Waals surface area contributed by atoms with Crippen LogP contribution in [0.1, 0.15) is 32.0 Å². The summed E-state index contributed by atoms with van der Waals surface area (Å²) in [6.07, 6.45) is 7.09. The Morgan fingerprint density at radius 2 is 2.00 bits per heavy atom. The Bertz CT molecular complexity index is 519. The number of nitrogens with zero attached hydrogens (tertiary/aromatic N) is 5. The van der Waals surface area contributed by atoms with Crippen molar-refractivity contribution in [2.45, 2.75) is 44.8 Å². The summed E-state index contributed by atoms with van der Waals surface area (Å²) in [6.45, 7) is 6.12. The Hall–Kier alpha value is -1.53. The van der Waals surface area contributed by atoms with E-state index in [4.69, 9.17) is 0 Å². The molecule has 1 aromatic heterocycles. The van der Waals surface area contributed by atoms with E-state index >= 15 is 0 Å². The largest absolute Gasteiger partial charge is 0.340 e. The Kier molecular flexibility index (Phi) is 5.23. The fraction of sp³-hybridized carbons (Fsp3) is 0.706. The first-order valence-electron chi connectivity index (χ1n) is 8.65. The standard InChI is InChI=1S/C17H27N5O/c1-3-21(14-5-6-14)13-17(23)22-10-7-15(11-22)20(2)12-16-18-8-4-9-19-16/h4,8-9,14-15H,3,5-7,10-13H2,1-2H3/t15-/m1/s1. The van der Waals surface area contributed by atoms with Gasteiger partial charge in [-0.05, 0) is 38.9 Å². The summed E-state index contributed by atoms with van der Waals surface area (Å²) in [7, 11) is 2.09. The molecule has 0 unspecified atom stereocenters. The van der Waals surface area contributed by atoms with E-state index in [9.17, 15) is 4.79 Å². The van der Waals surface area contributed by atoms with Crippen molar-refractivity contribution in [2.75, 3.05) is 33.2 Å². The molecular formula is C17H27N5O. The first-order chi connectivity index (χ1) is 11.2. The Labute approximate surface area is 138 Å². The van der Waals surface area contributed by atoms with Crippen molar-refractivity contribution in [3.8, 4) is 0 Å². The molecule has 0 radical (unpaired) electrons. The highest BCUT2D eigenvalue weighted by molar-refractivity contribution is 5.78. The average Bonchev–Trinajstić information content (AvgIpc) is 3.28. The molecule has 0 bridgehead atoms. The Morgan fingerprint density at radius 3 is 2.65 bits per heavy atom. The molecule has 0 N–H and O–H groups in total. The zero-order chi connectivity index (χ0) is 16.2. The predicted octanol–water partition coefficient (Wildman–Crippen LogP) is 0.994. The molecule has 1 aromatic rings. The number of carbonyl (C=O) groups is 1. The summed E-state index contributed by atoms with van der Waals surface area (Å²) < 4.78 is 0. The summed E-state index contributed by atoms with van der Waals surface area (Å²) in [5, 5.41) is 0. The highest BCUT2D eigenvalue weighted by Gasteiger charge is 2.33. The molecule has 126 valence electrons. The predicted molar refractivity (Wildman–Crippen MR) is 88.8 cm³/mol. The second-order valence-electron chi connectivity index (χ2n) is 6.66. The lowest BCUT2D eigenvalue weighted by atomic mass is 10.2. The van der Waals surface area contributed by atoms with Gasteiger partial charge in [-0.25, -0.2) is 9.97 Å². The normalized spacial score (nSPS) is 21.4. The van der Waals surface area contributed by atoms with E-state index in [1.54, 1.807) is 12.4 Å². The van der Waals surface area contributed by atoms with Gasteiger partial charge in [-0.1, -0.05) is 6.92 Å². The summed E-state index contributed by atoms with van der Waals surface area (Å²) in [6, 6.07) is 2.89. The number of likely N-dealkylation sites (N-methyl/N-ethyl adjacent to an activating group) is 2.